The summed E-state index contributed by atoms with van der Waals surface area (Å²) in [5, 5.41) is 12.1. The number of amides is 1. The van der Waals surface area contributed by atoms with Crippen LogP contribution in [-0.2, 0) is 16.0 Å². The predicted molar refractivity (Wildman–Crippen MR) is 116 cm³/mol. The lowest BCUT2D eigenvalue weighted by molar-refractivity contribution is -0.141. The maximum atomic E-state index is 13.1. The molecule has 0 fully saturated rings. The summed E-state index contributed by atoms with van der Waals surface area (Å²) in [5.41, 5.74) is -0.240. The lowest BCUT2D eigenvalue weighted by atomic mass is 10.0. The zero-order valence-corrected chi connectivity index (χ0v) is 17.0. The van der Waals surface area contributed by atoms with E-state index in [2.05, 4.69) is 10.3 Å². The summed E-state index contributed by atoms with van der Waals surface area (Å²) < 4.78 is 0.864. The van der Waals surface area contributed by atoms with Crippen LogP contribution in [0, 0.1) is 0 Å². The number of benzene rings is 2. The van der Waals surface area contributed by atoms with E-state index in [9.17, 15) is 24.3 Å². The smallest absolute Gasteiger partial charge is 0.329 e. The number of nitrogens with one attached hydrogen (secondary N) is 2. The second-order valence-corrected chi connectivity index (χ2v) is 7.62. The van der Waals surface area contributed by atoms with Gasteiger partial charge in [0.2, 0.25) is 5.91 Å². The first kappa shape index (κ1) is 21.4. The van der Waals surface area contributed by atoms with E-state index in [1.165, 1.54) is 11.8 Å². The highest BCUT2D eigenvalue weighted by atomic mass is 32.2. The van der Waals surface area contributed by atoms with Gasteiger partial charge in [0.15, 0.2) is 0 Å². The summed E-state index contributed by atoms with van der Waals surface area (Å²) in [6, 6.07) is 13.1. The van der Waals surface area contributed by atoms with Gasteiger partial charge >= 0.3 is 11.7 Å². The van der Waals surface area contributed by atoms with Crippen molar-refractivity contribution in [2.24, 2.45) is 0 Å². The number of aromatic amines is 1. The van der Waals surface area contributed by atoms with E-state index >= 15 is 0 Å². The Morgan fingerprint density at radius 3 is 2.43 bits per heavy atom. The van der Waals surface area contributed by atoms with Gasteiger partial charge in [0, 0.05) is 12.2 Å². The highest BCUT2D eigenvalue weighted by Crippen LogP contribution is 2.14. The van der Waals surface area contributed by atoms with Gasteiger partial charge in [-0.1, -0.05) is 42.5 Å². The first-order valence-corrected chi connectivity index (χ1v) is 10.6. The van der Waals surface area contributed by atoms with Crippen molar-refractivity contribution in [3.63, 3.8) is 0 Å². The van der Waals surface area contributed by atoms with Gasteiger partial charge < -0.3 is 15.4 Å². The number of carbonyl (C=O) groups excluding carboxylic acids is 1. The number of hydrogen-bond donors (Lipinski definition) is 3. The fraction of sp³-hybridized carbons (Fsp3) is 0.238. The largest absolute Gasteiger partial charge is 0.480 e. The molecule has 0 bridgehead atoms. The van der Waals surface area contributed by atoms with Crippen LogP contribution in [0.15, 0.2) is 64.2 Å². The zero-order valence-electron chi connectivity index (χ0n) is 16.2. The van der Waals surface area contributed by atoms with Crippen molar-refractivity contribution < 1.29 is 14.7 Å². The number of rotatable bonds is 8. The van der Waals surface area contributed by atoms with Crippen LogP contribution in [0.5, 0.6) is 0 Å². The molecule has 30 heavy (non-hydrogen) atoms. The molecule has 1 amide bonds. The Balaban J connectivity index is 2.09. The van der Waals surface area contributed by atoms with E-state index < -0.39 is 35.2 Å². The molecular formula is C21H21N3O5S. The Hall–Kier alpha value is -3.33. The van der Waals surface area contributed by atoms with Gasteiger partial charge in [-0.2, -0.15) is 11.8 Å². The second kappa shape index (κ2) is 9.45. The SMILES string of the molecule is CSC[C@H](NC(=O)[C@H](Cc1ccccc1)n1c(=O)[nH]c2ccccc2c1=O)C(=O)O. The topological polar surface area (TPSA) is 121 Å². The minimum Gasteiger partial charge on any atom is -0.480 e. The monoisotopic (exact) mass is 427 g/mol. The van der Waals surface area contributed by atoms with E-state index in [4.69, 9.17) is 0 Å². The first-order valence-electron chi connectivity index (χ1n) is 9.22. The van der Waals surface area contributed by atoms with Gasteiger partial charge in [-0.3, -0.25) is 9.59 Å². The Morgan fingerprint density at radius 1 is 1.10 bits per heavy atom. The minimum atomic E-state index is -1.21. The summed E-state index contributed by atoms with van der Waals surface area (Å²) in [4.78, 5) is 53.0. The average Bonchev–Trinajstić information content (AvgIpc) is 2.73. The molecule has 8 nitrogen and oxygen atoms in total. The van der Waals surface area contributed by atoms with Gasteiger partial charge in [0.1, 0.15) is 12.1 Å². The van der Waals surface area contributed by atoms with E-state index in [0.29, 0.717) is 5.52 Å². The number of H-pyrrole nitrogens is 1. The van der Waals surface area contributed by atoms with E-state index in [0.717, 1.165) is 10.1 Å². The molecule has 156 valence electrons. The second-order valence-electron chi connectivity index (χ2n) is 6.71. The fourth-order valence-corrected chi connectivity index (χ4v) is 3.77. The molecule has 0 aliphatic heterocycles. The number of carbonyl (C=O) groups is 2. The molecular weight excluding hydrogens is 406 g/mol. The Labute approximate surface area is 175 Å². The average molecular weight is 427 g/mol. The molecule has 3 aromatic rings. The van der Waals surface area contributed by atoms with Crippen LogP contribution in [0.1, 0.15) is 11.6 Å². The molecule has 0 aliphatic rings. The molecule has 0 aliphatic carbocycles. The van der Waals surface area contributed by atoms with Crippen molar-refractivity contribution in [3.05, 3.63) is 81.0 Å². The summed E-state index contributed by atoms with van der Waals surface area (Å²) in [6.45, 7) is 0. The van der Waals surface area contributed by atoms with Crippen LogP contribution < -0.4 is 16.6 Å². The molecule has 1 heterocycles. The highest BCUT2D eigenvalue weighted by Gasteiger charge is 2.29. The van der Waals surface area contributed by atoms with Crippen LogP contribution in [0.3, 0.4) is 0 Å². The van der Waals surface area contributed by atoms with Crippen LogP contribution in [0.25, 0.3) is 10.9 Å². The van der Waals surface area contributed by atoms with E-state index in [-0.39, 0.29) is 17.6 Å². The molecule has 2 aromatic carbocycles. The normalized spacial score (nSPS) is 13.0. The molecule has 3 rings (SSSR count). The lowest BCUT2D eigenvalue weighted by Crippen LogP contribution is -2.50. The lowest BCUT2D eigenvalue weighted by Gasteiger charge is -2.21. The van der Waals surface area contributed by atoms with Gasteiger partial charge in [-0.25, -0.2) is 14.2 Å². The van der Waals surface area contributed by atoms with Gasteiger partial charge in [0.25, 0.3) is 5.56 Å². The summed E-state index contributed by atoms with van der Waals surface area (Å²) >= 11 is 1.27. The quantitative estimate of drug-likeness (QED) is 0.500. The van der Waals surface area contributed by atoms with Gasteiger partial charge in [-0.05, 0) is 24.0 Å². The number of carboxylic acid groups (broad SMARTS) is 1. The Kier molecular flexibility index (Phi) is 6.73. The molecule has 0 unspecified atom stereocenters. The molecule has 9 heteroatoms. The predicted octanol–water partition coefficient (Wildman–Crippen LogP) is 1.41. The number of fused-ring (bicyclic) bond motifs is 1. The van der Waals surface area contributed by atoms with Crippen LogP contribution in [0.2, 0.25) is 0 Å². The molecule has 2 atom stereocenters. The van der Waals surface area contributed by atoms with Crippen LogP contribution in [0.4, 0.5) is 0 Å². The maximum Gasteiger partial charge on any atom is 0.329 e. The highest BCUT2D eigenvalue weighted by molar-refractivity contribution is 7.98. The number of hydrogen-bond acceptors (Lipinski definition) is 5. The van der Waals surface area contributed by atoms with Crippen molar-refractivity contribution in [1.82, 2.24) is 14.9 Å². The minimum absolute atomic E-state index is 0.0552. The first-order chi connectivity index (χ1) is 14.4. The molecule has 0 saturated heterocycles. The van der Waals surface area contributed by atoms with Crippen molar-refractivity contribution >= 4 is 34.5 Å². The van der Waals surface area contributed by atoms with E-state index in [1.807, 2.05) is 6.07 Å². The number of carboxylic acids is 1. The van der Waals surface area contributed by atoms with Crippen molar-refractivity contribution in [2.45, 2.75) is 18.5 Å². The Bertz CT molecular complexity index is 1170. The molecule has 0 spiro atoms. The summed E-state index contributed by atoms with van der Waals surface area (Å²) in [5.74, 6) is -1.73. The molecule has 0 saturated carbocycles. The third kappa shape index (κ3) is 4.62. The number of para-hydroxylation sites is 1. The van der Waals surface area contributed by atoms with E-state index in [1.54, 1.807) is 54.8 Å². The van der Waals surface area contributed by atoms with Crippen molar-refractivity contribution in [3.8, 4) is 0 Å². The fourth-order valence-electron chi connectivity index (χ4n) is 3.21. The summed E-state index contributed by atoms with van der Waals surface area (Å²) in [7, 11) is 0. The molecule has 3 N–H and O–H groups in total. The number of aromatic nitrogens is 2. The third-order valence-corrected chi connectivity index (χ3v) is 5.34. The zero-order chi connectivity index (χ0) is 21.7. The van der Waals surface area contributed by atoms with Gasteiger partial charge in [-0.15, -0.1) is 0 Å². The van der Waals surface area contributed by atoms with Crippen LogP contribution in [-0.4, -0.2) is 44.6 Å². The number of nitrogens with zero attached hydrogens (tertiary/aromatic N) is 1. The molecule has 1 aromatic heterocycles. The standard InChI is InChI=1S/C21H21N3O5S/c1-30-12-16(20(27)28)22-18(25)17(11-13-7-3-2-4-8-13)24-19(26)14-9-5-6-10-15(14)23-21(24)29/h2-10,16-17H,11-12H2,1H3,(H,22,25)(H,23,29)(H,27,28)/t16-,17-/m0/s1. The van der Waals surface area contributed by atoms with Crippen LogP contribution >= 0.6 is 11.8 Å². The van der Waals surface area contributed by atoms with Crippen molar-refractivity contribution in [2.75, 3.05) is 12.0 Å². The van der Waals surface area contributed by atoms with Crippen molar-refractivity contribution in [1.29, 1.82) is 0 Å². The molecule has 0 radical (unpaired) electrons. The number of thioether (sulfide) groups is 1. The summed E-state index contributed by atoms with van der Waals surface area (Å²) in [6.07, 6.45) is 1.78. The maximum absolute atomic E-state index is 13.1. The van der Waals surface area contributed by atoms with Gasteiger partial charge in [0.05, 0.1) is 10.9 Å². The number of aliphatic carboxylic acids is 1. The third-order valence-electron chi connectivity index (χ3n) is 4.67. The Morgan fingerprint density at radius 2 is 1.77 bits per heavy atom.